The normalized spacial score (nSPS) is 10.1. The predicted octanol–water partition coefficient (Wildman–Crippen LogP) is 2.05. The quantitative estimate of drug-likeness (QED) is 0.775. The Bertz CT molecular complexity index is 558. The van der Waals surface area contributed by atoms with Gasteiger partial charge in [0.05, 0.1) is 7.11 Å². The summed E-state index contributed by atoms with van der Waals surface area (Å²) < 4.78 is 18.3. The van der Waals surface area contributed by atoms with Crippen LogP contribution in [-0.4, -0.2) is 22.9 Å². The van der Waals surface area contributed by atoms with Gasteiger partial charge in [-0.25, -0.2) is 14.4 Å². The van der Waals surface area contributed by atoms with Crippen LogP contribution in [0.4, 0.5) is 4.39 Å². The van der Waals surface area contributed by atoms with Gasteiger partial charge < -0.3 is 4.74 Å². The van der Waals surface area contributed by atoms with Crippen molar-refractivity contribution in [1.29, 1.82) is 0 Å². The molecule has 1 aromatic carbocycles. The highest BCUT2D eigenvalue weighted by Gasteiger charge is 2.10. The molecular formula is C13H11FN2O2. The van der Waals surface area contributed by atoms with Gasteiger partial charge in [-0.1, -0.05) is 6.07 Å². The Balaban J connectivity index is 2.15. The molecule has 0 unspecified atom stereocenters. The molecule has 0 aliphatic carbocycles. The van der Waals surface area contributed by atoms with Gasteiger partial charge in [-0.3, -0.25) is 4.79 Å². The number of benzene rings is 1. The van der Waals surface area contributed by atoms with E-state index in [1.54, 1.807) is 6.07 Å². The first-order valence-corrected chi connectivity index (χ1v) is 5.32. The maximum atomic E-state index is 13.4. The Kier molecular flexibility index (Phi) is 3.62. The van der Waals surface area contributed by atoms with Gasteiger partial charge in [0.1, 0.15) is 12.0 Å². The van der Waals surface area contributed by atoms with Crippen molar-refractivity contribution >= 4 is 5.78 Å². The number of hydrogen-bond donors (Lipinski definition) is 0. The number of Topliss-reactive ketones (excluding diaryl/α,β-unsaturated/α-hetero) is 1. The average Bonchev–Trinajstić information content (AvgIpc) is 2.40. The van der Waals surface area contributed by atoms with Crippen LogP contribution in [0, 0.1) is 5.82 Å². The highest BCUT2D eigenvalue weighted by Crippen LogP contribution is 2.18. The fourth-order valence-electron chi connectivity index (χ4n) is 1.55. The Labute approximate surface area is 103 Å². The van der Waals surface area contributed by atoms with Crippen molar-refractivity contribution in [3.8, 4) is 5.75 Å². The minimum Gasteiger partial charge on any atom is -0.494 e. The molecule has 0 saturated heterocycles. The number of ether oxygens (including phenoxy) is 1. The van der Waals surface area contributed by atoms with Crippen LogP contribution in [0.15, 0.2) is 36.8 Å². The molecule has 18 heavy (non-hydrogen) atoms. The van der Waals surface area contributed by atoms with E-state index < -0.39 is 5.82 Å². The zero-order chi connectivity index (χ0) is 13.0. The second kappa shape index (κ2) is 5.35. The van der Waals surface area contributed by atoms with Crippen LogP contribution in [-0.2, 0) is 6.42 Å². The first-order valence-electron chi connectivity index (χ1n) is 5.32. The molecule has 92 valence electrons. The summed E-state index contributed by atoms with van der Waals surface area (Å²) in [5.41, 5.74) is 0.901. The number of carbonyl (C=O) groups is 1. The molecule has 0 aliphatic heterocycles. The van der Waals surface area contributed by atoms with Crippen LogP contribution >= 0.6 is 0 Å². The fraction of sp³-hybridized carbons (Fsp3) is 0.154. The van der Waals surface area contributed by atoms with Crippen molar-refractivity contribution < 1.29 is 13.9 Å². The molecule has 2 rings (SSSR count). The largest absolute Gasteiger partial charge is 0.494 e. The summed E-state index contributed by atoms with van der Waals surface area (Å²) in [6, 6.07) is 5.97. The zero-order valence-corrected chi connectivity index (χ0v) is 9.76. The molecule has 5 heteroatoms. The second-order valence-electron chi connectivity index (χ2n) is 3.66. The molecule has 0 aliphatic rings. The SMILES string of the molecule is COc1ccc(CC(=O)c2ccncn2)cc1F. The highest BCUT2D eigenvalue weighted by molar-refractivity contribution is 5.95. The number of nitrogens with zero attached hydrogens (tertiary/aromatic N) is 2. The summed E-state index contributed by atoms with van der Waals surface area (Å²) in [7, 11) is 1.39. The molecule has 0 spiro atoms. The van der Waals surface area contributed by atoms with E-state index in [2.05, 4.69) is 9.97 Å². The standard InChI is InChI=1S/C13H11FN2O2/c1-18-13-3-2-9(6-10(13)14)7-12(17)11-4-5-15-8-16-11/h2-6,8H,7H2,1H3. The number of aromatic nitrogens is 2. The van der Waals surface area contributed by atoms with Crippen molar-refractivity contribution in [3.05, 3.63) is 53.9 Å². The molecular weight excluding hydrogens is 235 g/mol. The van der Waals surface area contributed by atoms with Gasteiger partial charge in [-0.2, -0.15) is 0 Å². The van der Waals surface area contributed by atoms with Gasteiger partial charge in [-0.15, -0.1) is 0 Å². The molecule has 0 saturated carbocycles. The number of halogens is 1. The van der Waals surface area contributed by atoms with Gasteiger partial charge in [0, 0.05) is 12.6 Å². The third kappa shape index (κ3) is 2.68. The maximum Gasteiger partial charge on any atom is 0.185 e. The minimum atomic E-state index is -0.481. The van der Waals surface area contributed by atoms with E-state index in [9.17, 15) is 9.18 Å². The summed E-state index contributed by atoms with van der Waals surface area (Å²) in [6.07, 6.45) is 2.90. The van der Waals surface area contributed by atoms with E-state index in [1.165, 1.54) is 37.8 Å². The smallest absolute Gasteiger partial charge is 0.185 e. The van der Waals surface area contributed by atoms with Gasteiger partial charge in [0.15, 0.2) is 17.3 Å². The molecule has 1 heterocycles. The molecule has 0 fully saturated rings. The molecule has 1 aromatic heterocycles. The van der Waals surface area contributed by atoms with Crippen LogP contribution in [0.2, 0.25) is 0 Å². The molecule has 2 aromatic rings. The predicted molar refractivity (Wildman–Crippen MR) is 63.0 cm³/mol. The Morgan fingerprint density at radius 1 is 1.39 bits per heavy atom. The molecule has 0 amide bonds. The lowest BCUT2D eigenvalue weighted by atomic mass is 10.1. The minimum absolute atomic E-state index is 0.0952. The number of methoxy groups -OCH3 is 1. The van der Waals surface area contributed by atoms with E-state index in [0.717, 1.165) is 0 Å². The van der Waals surface area contributed by atoms with Crippen LogP contribution < -0.4 is 4.74 Å². The number of ketones is 1. The van der Waals surface area contributed by atoms with Crippen LogP contribution in [0.25, 0.3) is 0 Å². The third-order valence-corrected chi connectivity index (χ3v) is 2.45. The van der Waals surface area contributed by atoms with Crippen LogP contribution in [0.1, 0.15) is 16.1 Å². The Hall–Kier alpha value is -2.30. The lowest BCUT2D eigenvalue weighted by Crippen LogP contribution is -2.06. The van der Waals surface area contributed by atoms with E-state index in [1.807, 2.05) is 0 Å². The molecule has 0 radical (unpaired) electrons. The number of rotatable bonds is 4. The first kappa shape index (κ1) is 12.2. The van der Waals surface area contributed by atoms with E-state index in [0.29, 0.717) is 11.3 Å². The van der Waals surface area contributed by atoms with E-state index in [4.69, 9.17) is 4.74 Å². The van der Waals surface area contributed by atoms with Crippen molar-refractivity contribution in [1.82, 2.24) is 9.97 Å². The van der Waals surface area contributed by atoms with Gasteiger partial charge >= 0.3 is 0 Å². The summed E-state index contributed by atoms with van der Waals surface area (Å²) in [5.74, 6) is -0.499. The lowest BCUT2D eigenvalue weighted by Gasteiger charge is -2.04. The van der Waals surface area contributed by atoms with Crippen LogP contribution in [0.3, 0.4) is 0 Å². The number of carbonyl (C=O) groups excluding carboxylic acids is 1. The Morgan fingerprint density at radius 3 is 2.83 bits per heavy atom. The fourth-order valence-corrected chi connectivity index (χ4v) is 1.55. The van der Waals surface area contributed by atoms with Gasteiger partial charge in [-0.05, 0) is 23.8 Å². The first-order chi connectivity index (χ1) is 8.70. The third-order valence-electron chi connectivity index (χ3n) is 2.45. The monoisotopic (exact) mass is 246 g/mol. The zero-order valence-electron chi connectivity index (χ0n) is 9.76. The summed E-state index contributed by atoms with van der Waals surface area (Å²) >= 11 is 0. The van der Waals surface area contributed by atoms with E-state index in [-0.39, 0.29) is 18.0 Å². The van der Waals surface area contributed by atoms with Crippen molar-refractivity contribution in [2.75, 3.05) is 7.11 Å². The molecule has 0 N–H and O–H groups in total. The topological polar surface area (TPSA) is 52.1 Å². The summed E-state index contributed by atoms with van der Waals surface area (Å²) in [5, 5.41) is 0. The van der Waals surface area contributed by atoms with Crippen molar-refractivity contribution in [2.24, 2.45) is 0 Å². The molecule has 4 nitrogen and oxygen atoms in total. The molecule has 0 atom stereocenters. The summed E-state index contributed by atoms with van der Waals surface area (Å²) in [6.45, 7) is 0. The van der Waals surface area contributed by atoms with Crippen molar-refractivity contribution in [2.45, 2.75) is 6.42 Å². The number of hydrogen-bond acceptors (Lipinski definition) is 4. The lowest BCUT2D eigenvalue weighted by molar-refractivity contribution is 0.0988. The second-order valence-corrected chi connectivity index (χ2v) is 3.66. The Morgan fingerprint density at radius 2 is 2.22 bits per heavy atom. The van der Waals surface area contributed by atoms with Crippen molar-refractivity contribution in [3.63, 3.8) is 0 Å². The average molecular weight is 246 g/mol. The van der Waals surface area contributed by atoms with Gasteiger partial charge in [0.25, 0.3) is 0 Å². The van der Waals surface area contributed by atoms with E-state index >= 15 is 0 Å². The maximum absolute atomic E-state index is 13.4. The highest BCUT2D eigenvalue weighted by atomic mass is 19.1. The molecule has 0 bridgehead atoms. The summed E-state index contributed by atoms with van der Waals surface area (Å²) in [4.78, 5) is 19.4. The van der Waals surface area contributed by atoms with Gasteiger partial charge in [0.2, 0.25) is 0 Å². The van der Waals surface area contributed by atoms with Crippen LogP contribution in [0.5, 0.6) is 5.75 Å².